The molecule has 1 saturated carbocycles. The SMILES string of the molecule is CC(C)(C)OC(=O)N[C@H](CF)C1CCC(C(=O)N2CC[C@H](c3ccccc3)[C@H]2C(=O)Nc2ccc3[nH]c(C(=O)OCCCN4CCOCC4)cc3c2)CC1. The minimum Gasteiger partial charge on any atom is -0.461 e. The molecule has 2 aliphatic heterocycles. The Kier molecular flexibility index (Phi) is 12.9. The third kappa shape index (κ3) is 9.97. The van der Waals surface area contributed by atoms with Crippen molar-refractivity contribution in [1.82, 2.24) is 20.1 Å². The van der Waals surface area contributed by atoms with Gasteiger partial charge in [-0.1, -0.05) is 30.3 Å². The number of rotatable bonds is 12. The first-order valence-corrected chi connectivity index (χ1v) is 19.3. The summed E-state index contributed by atoms with van der Waals surface area (Å²) in [5.41, 5.74) is 1.93. The molecule has 3 heterocycles. The highest BCUT2D eigenvalue weighted by atomic mass is 19.1. The van der Waals surface area contributed by atoms with Crippen LogP contribution in [0.2, 0.25) is 0 Å². The summed E-state index contributed by atoms with van der Waals surface area (Å²) in [5.74, 6) is -1.40. The summed E-state index contributed by atoms with van der Waals surface area (Å²) in [5, 5.41) is 6.50. The number of halogens is 1. The molecule has 2 saturated heterocycles. The Balaban J connectivity index is 1.09. The predicted octanol–water partition coefficient (Wildman–Crippen LogP) is 6.04. The number of likely N-dealkylation sites (tertiary alicyclic amines) is 1. The molecule has 3 aromatic rings. The van der Waals surface area contributed by atoms with Crippen LogP contribution in [0.15, 0.2) is 54.6 Å². The summed E-state index contributed by atoms with van der Waals surface area (Å²) in [6, 6.07) is 15.5. The predicted molar refractivity (Wildman–Crippen MR) is 203 cm³/mol. The van der Waals surface area contributed by atoms with E-state index >= 15 is 0 Å². The van der Waals surface area contributed by atoms with Crippen molar-refractivity contribution in [3.8, 4) is 0 Å². The van der Waals surface area contributed by atoms with Crippen molar-refractivity contribution in [3.05, 3.63) is 65.9 Å². The van der Waals surface area contributed by atoms with Crippen LogP contribution < -0.4 is 10.6 Å². The number of carbonyl (C=O) groups is 4. The van der Waals surface area contributed by atoms with Crippen molar-refractivity contribution >= 4 is 40.5 Å². The number of nitrogens with one attached hydrogen (secondary N) is 3. The molecule has 12 nitrogen and oxygen atoms in total. The number of aromatic amines is 1. The lowest BCUT2D eigenvalue weighted by Gasteiger charge is -2.36. The highest BCUT2D eigenvalue weighted by molar-refractivity contribution is 6.01. The van der Waals surface area contributed by atoms with Crippen LogP contribution in [0.1, 0.15) is 81.3 Å². The van der Waals surface area contributed by atoms with Gasteiger partial charge < -0.3 is 34.7 Å². The van der Waals surface area contributed by atoms with Crippen molar-refractivity contribution in [2.75, 3.05) is 58.0 Å². The van der Waals surface area contributed by atoms with Crippen LogP contribution in [0.4, 0.5) is 14.9 Å². The van der Waals surface area contributed by atoms with E-state index in [1.807, 2.05) is 42.5 Å². The zero-order valence-electron chi connectivity index (χ0n) is 31.6. The number of carbonyl (C=O) groups excluding carboxylic acids is 4. The Hall–Kier alpha value is -4.49. The number of esters is 1. The summed E-state index contributed by atoms with van der Waals surface area (Å²) in [4.78, 5) is 60.7. The second-order valence-electron chi connectivity index (χ2n) is 15.7. The summed E-state index contributed by atoms with van der Waals surface area (Å²) in [6.45, 7) is 9.39. The van der Waals surface area contributed by atoms with Crippen molar-refractivity contribution in [2.45, 2.75) is 82.9 Å². The Morgan fingerprint density at radius 2 is 1.70 bits per heavy atom. The molecule has 3 aliphatic rings. The van der Waals surface area contributed by atoms with Crippen LogP contribution in [-0.4, -0.2) is 109 Å². The number of amides is 3. The van der Waals surface area contributed by atoms with E-state index in [0.717, 1.165) is 55.7 Å². The van der Waals surface area contributed by atoms with Crippen molar-refractivity contribution in [3.63, 3.8) is 0 Å². The number of fused-ring (bicyclic) bond motifs is 1. The third-order valence-corrected chi connectivity index (χ3v) is 10.8. The molecule has 0 spiro atoms. The molecule has 0 bridgehead atoms. The maximum Gasteiger partial charge on any atom is 0.407 e. The van der Waals surface area contributed by atoms with Gasteiger partial charge in [-0.15, -0.1) is 0 Å². The topological polar surface area (TPSA) is 142 Å². The largest absolute Gasteiger partial charge is 0.461 e. The zero-order valence-corrected chi connectivity index (χ0v) is 31.6. The number of ether oxygens (including phenoxy) is 3. The van der Waals surface area contributed by atoms with Gasteiger partial charge in [-0.05, 0) is 95.0 Å². The summed E-state index contributed by atoms with van der Waals surface area (Å²) in [6.07, 6.45) is 2.97. The first-order chi connectivity index (χ1) is 26.0. The van der Waals surface area contributed by atoms with Gasteiger partial charge in [0.1, 0.15) is 24.0 Å². The first-order valence-electron chi connectivity index (χ1n) is 19.3. The Morgan fingerprint density at radius 3 is 2.41 bits per heavy atom. The normalized spacial score (nSPS) is 22.8. The number of nitrogens with zero attached hydrogens (tertiary/aromatic N) is 2. The van der Waals surface area contributed by atoms with Gasteiger partial charge in [0.25, 0.3) is 0 Å². The van der Waals surface area contributed by atoms with Gasteiger partial charge in [0, 0.05) is 54.6 Å². The van der Waals surface area contributed by atoms with Crippen LogP contribution in [-0.2, 0) is 23.8 Å². The van der Waals surface area contributed by atoms with Gasteiger partial charge >= 0.3 is 12.1 Å². The van der Waals surface area contributed by atoms with Crippen molar-refractivity contribution in [2.24, 2.45) is 11.8 Å². The van der Waals surface area contributed by atoms with Gasteiger partial charge in [-0.3, -0.25) is 14.5 Å². The van der Waals surface area contributed by atoms with E-state index < -0.39 is 36.4 Å². The van der Waals surface area contributed by atoms with Crippen LogP contribution >= 0.6 is 0 Å². The lowest BCUT2D eigenvalue weighted by Crippen LogP contribution is -2.49. The lowest BCUT2D eigenvalue weighted by atomic mass is 9.78. The average Bonchev–Trinajstić information content (AvgIpc) is 3.81. The molecule has 0 unspecified atom stereocenters. The second-order valence-corrected chi connectivity index (χ2v) is 15.7. The first kappa shape index (κ1) is 39.2. The Labute approximate surface area is 316 Å². The number of H-pyrrole nitrogens is 1. The van der Waals surface area contributed by atoms with Gasteiger partial charge in [0.2, 0.25) is 11.8 Å². The van der Waals surface area contributed by atoms with E-state index in [1.54, 1.807) is 37.8 Å². The number of aromatic nitrogens is 1. The Bertz CT molecular complexity index is 1750. The van der Waals surface area contributed by atoms with E-state index in [-0.39, 0.29) is 29.6 Å². The van der Waals surface area contributed by atoms with Crippen molar-refractivity contribution in [1.29, 1.82) is 0 Å². The van der Waals surface area contributed by atoms with E-state index in [2.05, 4.69) is 20.5 Å². The monoisotopic (exact) mass is 747 g/mol. The zero-order chi connectivity index (χ0) is 38.2. The molecule has 1 aliphatic carbocycles. The number of hydrogen-bond acceptors (Lipinski definition) is 8. The second kappa shape index (κ2) is 17.8. The number of alkyl carbamates (subject to hydrolysis) is 1. The number of morpholine rings is 1. The maximum atomic E-state index is 14.2. The highest BCUT2D eigenvalue weighted by Gasteiger charge is 2.45. The number of anilines is 1. The number of hydrogen-bond donors (Lipinski definition) is 3. The number of benzene rings is 2. The quantitative estimate of drug-likeness (QED) is 0.151. The molecular weight excluding hydrogens is 693 g/mol. The fourth-order valence-electron chi connectivity index (χ4n) is 8.05. The van der Waals surface area contributed by atoms with Gasteiger partial charge in [0.15, 0.2) is 0 Å². The third-order valence-electron chi connectivity index (χ3n) is 10.8. The van der Waals surface area contributed by atoms with Crippen molar-refractivity contribution < 1.29 is 37.8 Å². The molecule has 0 radical (unpaired) electrons. The minimum atomic E-state index is -0.727. The molecule has 3 atom stereocenters. The molecule has 292 valence electrons. The van der Waals surface area contributed by atoms with E-state index in [4.69, 9.17) is 14.2 Å². The molecule has 3 N–H and O–H groups in total. The van der Waals surface area contributed by atoms with E-state index in [0.29, 0.717) is 56.6 Å². The molecule has 3 amide bonds. The molecule has 13 heteroatoms. The fourth-order valence-corrected chi connectivity index (χ4v) is 8.05. The lowest BCUT2D eigenvalue weighted by molar-refractivity contribution is -0.141. The summed E-state index contributed by atoms with van der Waals surface area (Å²) < 4.78 is 30.3. The molecule has 54 heavy (non-hydrogen) atoms. The molecule has 6 rings (SSSR count). The Morgan fingerprint density at radius 1 is 0.963 bits per heavy atom. The summed E-state index contributed by atoms with van der Waals surface area (Å²) >= 11 is 0. The maximum absolute atomic E-state index is 14.2. The molecule has 3 fully saturated rings. The standard InChI is InChI=1S/C41H54FN5O7/c1-41(2,3)54-40(51)45-35(26-42)28-10-12-29(13-11-28)38(49)47-18-16-32(27-8-5-4-6-9-27)36(47)37(48)43-31-14-15-33-30(24-31)25-34(44-33)39(50)53-21-7-17-46-19-22-52-23-20-46/h4-6,8-9,14-15,24-25,28-29,32,35-36,44H,7,10-13,16-23,26H2,1-3H3,(H,43,48)(H,45,51)/t28?,29?,32-,35-,36+/m1/s1. The van der Waals surface area contributed by atoms with E-state index in [9.17, 15) is 23.6 Å². The van der Waals surface area contributed by atoms with Crippen LogP contribution in [0.3, 0.4) is 0 Å². The van der Waals surface area contributed by atoms with Crippen LogP contribution in [0.25, 0.3) is 10.9 Å². The van der Waals surface area contributed by atoms with Gasteiger partial charge in [-0.2, -0.15) is 0 Å². The summed E-state index contributed by atoms with van der Waals surface area (Å²) in [7, 11) is 0. The highest BCUT2D eigenvalue weighted by Crippen LogP contribution is 2.39. The van der Waals surface area contributed by atoms with Crippen LogP contribution in [0, 0.1) is 11.8 Å². The molecule has 1 aromatic heterocycles. The van der Waals surface area contributed by atoms with Gasteiger partial charge in [-0.25, -0.2) is 14.0 Å². The number of alkyl halides is 1. The average molecular weight is 748 g/mol. The minimum absolute atomic E-state index is 0.0712. The van der Waals surface area contributed by atoms with Gasteiger partial charge in [0.05, 0.1) is 25.9 Å². The van der Waals surface area contributed by atoms with Crippen LogP contribution in [0.5, 0.6) is 0 Å². The molecule has 2 aromatic carbocycles. The fraction of sp³-hybridized carbons (Fsp3) is 0.561. The smallest absolute Gasteiger partial charge is 0.407 e. The molecular formula is C41H54FN5O7. The van der Waals surface area contributed by atoms with E-state index in [1.165, 1.54) is 0 Å².